The zero-order valence-electron chi connectivity index (χ0n) is 10.4. The van der Waals surface area contributed by atoms with E-state index >= 15 is 0 Å². The van der Waals surface area contributed by atoms with Crippen LogP contribution in [0.4, 0.5) is 23.2 Å². The van der Waals surface area contributed by atoms with Gasteiger partial charge in [-0.3, -0.25) is 4.79 Å². The highest BCUT2D eigenvalue weighted by atomic mass is 19.4. The zero-order valence-corrected chi connectivity index (χ0v) is 10.4. The van der Waals surface area contributed by atoms with Crippen LogP contribution in [0.5, 0.6) is 0 Å². The summed E-state index contributed by atoms with van der Waals surface area (Å²) < 4.78 is 49.1. The van der Waals surface area contributed by atoms with Crippen molar-refractivity contribution in [2.24, 2.45) is 0 Å². The van der Waals surface area contributed by atoms with Gasteiger partial charge in [-0.25, -0.2) is 4.39 Å². The Kier molecular flexibility index (Phi) is 4.74. The lowest BCUT2D eigenvalue weighted by Gasteiger charge is -2.17. The van der Waals surface area contributed by atoms with Crippen LogP contribution in [0, 0.1) is 12.7 Å². The van der Waals surface area contributed by atoms with Gasteiger partial charge < -0.3 is 10.6 Å². The molecular formula is C12H14F4N2O. The highest BCUT2D eigenvalue weighted by molar-refractivity contribution is 5.84. The quantitative estimate of drug-likeness (QED) is 0.831. The number of carbonyl (C=O) groups excluding carboxylic acids is 1. The van der Waals surface area contributed by atoms with Gasteiger partial charge in [-0.15, -0.1) is 0 Å². The maximum Gasteiger partial charge on any atom is 0.405 e. The van der Waals surface area contributed by atoms with E-state index in [0.29, 0.717) is 11.3 Å². The predicted molar refractivity (Wildman–Crippen MR) is 63.3 cm³/mol. The SMILES string of the molecule is Cc1c(F)cccc1NC(C)C(=O)NCC(F)(F)F. The molecule has 19 heavy (non-hydrogen) atoms. The van der Waals surface area contributed by atoms with Crippen molar-refractivity contribution in [3.8, 4) is 0 Å². The lowest BCUT2D eigenvalue weighted by atomic mass is 10.1. The van der Waals surface area contributed by atoms with E-state index in [2.05, 4.69) is 5.32 Å². The normalized spacial score (nSPS) is 12.9. The standard InChI is InChI=1S/C12H14F4N2O/c1-7-9(13)4-3-5-10(7)18-8(2)11(19)17-6-12(14,15)16/h3-5,8,18H,6H2,1-2H3,(H,17,19). The summed E-state index contributed by atoms with van der Waals surface area (Å²) in [6.07, 6.45) is -4.45. The van der Waals surface area contributed by atoms with Crippen molar-refractivity contribution in [3.05, 3.63) is 29.6 Å². The minimum Gasteiger partial charge on any atom is -0.374 e. The summed E-state index contributed by atoms with van der Waals surface area (Å²) in [5, 5.41) is 4.42. The zero-order chi connectivity index (χ0) is 14.6. The van der Waals surface area contributed by atoms with Gasteiger partial charge in [0.2, 0.25) is 5.91 Å². The van der Waals surface area contributed by atoms with Crippen molar-refractivity contribution in [2.45, 2.75) is 26.1 Å². The van der Waals surface area contributed by atoms with E-state index in [1.807, 2.05) is 0 Å². The maximum absolute atomic E-state index is 13.2. The molecule has 0 aromatic heterocycles. The highest BCUT2D eigenvalue weighted by Crippen LogP contribution is 2.18. The van der Waals surface area contributed by atoms with Crippen molar-refractivity contribution in [1.82, 2.24) is 5.32 Å². The van der Waals surface area contributed by atoms with Crippen LogP contribution in [0.3, 0.4) is 0 Å². The summed E-state index contributed by atoms with van der Waals surface area (Å²) in [7, 11) is 0. The molecule has 0 aliphatic heterocycles. The van der Waals surface area contributed by atoms with Gasteiger partial charge in [0.25, 0.3) is 0 Å². The summed E-state index contributed by atoms with van der Waals surface area (Å²) in [6, 6.07) is 3.36. The number of hydrogen-bond donors (Lipinski definition) is 2. The highest BCUT2D eigenvalue weighted by Gasteiger charge is 2.28. The smallest absolute Gasteiger partial charge is 0.374 e. The molecule has 0 heterocycles. The fourth-order valence-corrected chi connectivity index (χ4v) is 1.40. The van der Waals surface area contributed by atoms with Gasteiger partial charge in [0.05, 0.1) is 0 Å². The lowest BCUT2D eigenvalue weighted by Crippen LogP contribution is -2.42. The van der Waals surface area contributed by atoms with Crippen LogP contribution < -0.4 is 10.6 Å². The first-order valence-electron chi connectivity index (χ1n) is 5.57. The van der Waals surface area contributed by atoms with Crippen LogP contribution in [0.2, 0.25) is 0 Å². The first-order chi connectivity index (χ1) is 8.70. The Morgan fingerprint density at radius 2 is 2.00 bits per heavy atom. The molecule has 0 fully saturated rings. The molecule has 2 N–H and O–H groups in total. The molecule has 0 aliphatic rings. The summed E-state index contributed by atoms with van der Waals surface area (Å²) in [5.41, 5.74) is 0.674. The van der Waals surface area contributed by atoms with Crippen molar-refractivity contribution < 1.29 is 22.4 Å². The number of carbonyl (C=O) groups is 1. The van der Waals surface area contributed by atoms with Crippen molar-refractivity contribution >= 4 is 11.6 Å². The van der Waals surface area contributed by atoms with Crippen LogP contribution >= 0.6 is 0 Å². The Bertz CT molecular complexity index is 460. The van der Waals surface area contributed by atoms with Gasteiger partial charge in [0.1, 0.15) is 18.4 Å². The molecule has 1 unspecified atom stereocenters. The maximum atomic E-state index is 13.2. The first-order valence-corrected chi connectivity index (χ1v) is 5.57. The Labute approximate surface area is 108 Å². The van der Waals surface area contributed by atoms with E-state index < -0.39 is 30.5 Å². The predicted octanol–water partition coefficient (Wildman–Crippen LogP) is 2.61. The van der Waals surface area contributed by atoms with Gasteiger partial charge in [-0.1, -0.05) is 6.07 Å². The number of amides is 1. The molecule has 1 aromatic carbocycles. The fraction of sp³-hybridized carbons (Fsp3) is 0.417. The van der Waals surface area contributed by atoms with E-state index in [1.165, 1.54) is 26.0 Å². The molecule has 1 atom stereocenters. The van der Waals surface area contributed by atoms with E-state index in [0.717, 1.165) is 0 Å². The molecule has 1 aromatic rings. The summed E-state index contributed by atoms with van der Waals surface area (Å²) in [5.74, 6) is -1.26. The topological polar surface area (TPSA) is 41.1 Å². The van der Waals surface area contributed by atoms with Crippen LogP contribution in [0.15, 0.2) is 18.2 Å². The second-order valence-electron chi connectivity index (χ2n) is 4.11. The molecule has 0 radical (unpaired) electrons. The van der Waals surface area contributed by atoms with Crippen molar-refractivity contribution in [2.75, 3.05) is 11.9 Å². The molecule has 0 saturated heterocycles. The van der Waals surface area contributed by atoms with E-state index in [-0.39, 0.29) is 0 Å². The minimum atomic E-state index is -4.45. The van der Waals surface area contributed by atoms with E-state index in [9.17, 15) is 22.4 Å². The number of nitrogens with one attached hydrogen (secondary N) is 2. The van der Waals surface area contributed by atoms with Gasteiger partial charge in [-0.2, -0.15) is 13.2 Å². The molecule has 0 spiro atoms. The molecule has 0 saturated carbocycles. The number of rotatable bonds is 4. The molecule has 1 rings (SSSR count). The number of halogens is 4. The fourth-order valence-electron chi connectivity index (χ4n) is 1.40. The average molecular weight is 278 g/mol. The average Bonchev–Trinajstić information content (AvgIpc) is 2.31. The number of alkyl halides is 3. The van der Waals surface area contributed by atoms with E-state index in [1.54, 1.807) is 11.4 Å². The van der Waals surface area contributed by atoms with Crippen molar-refractivity contribution in [3.63, 3.8) is 0 Å². The summed E-state index contributed by atoms with van der Waals surface area (Å²) in [6.45, 7) is 1.52. The number of anilines is 1. The Morgan fingerprint density at radius 1 is 1.37 bits per heavy atom. The molecular weight excluding hydrogens is 264 g/mol. The molecule has 1 amide bonds. The van der Waals surface area contributed by atoms with Crippen LogP contribution in [-0.2, 0) is 4.79 Å². The summed E-state index contributed by atoms with van der Waals surface area (Å²) >= 11 is 0. The third-order valence-electron chi connectivity index (χ3n) is 2.50. The minimum absolute atomic E-state index is 0.304. The Morgan fingerprint density at radius 3 is 2.58 bits per heavy atom. The van der Waals surface area contributed by atoms with Crippen LogP contribution in [0.25, 0.3) is 0 Å². The monoisotopic (exact) mass is 278 g/mol. The molecule has 0 aliphatic carbocycles. The number of hydrogen-bond acceptors (Lipinski definition) is 2. The van der Waals surface area contributed by atoms with Gasteiger partial charge in [0.15, 0.2) is 0 Å². The largest absolute Gasteiger partial charge is 0.405 e. The van der Waals surface area contributed by atoms with Crippen LogP contribution in [-0.4, -0.2) is 24.7 Å². The molecule has 7 heteroatoms. The molecule has 106 valence electrons. The van der Waals surface area contributed by atoms with Gasteiger partial charge in [0, 0.05) is 11.3 Å². The third kappa shape index (κ3) is 4.76. The third-order valence-corrected chi connectivity index (χ3v) is 2.50. The Hall–Kier alpha value is -1.79. The van der Waals surface area contributed by atoms with Crippen LogP contribution in [0.1, 0.15) is 12.5 Å². The Balaban J connectivity index is 2.62. The van der Waals surface area contributed by atoms with Gasteiger partial charge in [-0.05, 0) is 26.0 Å². The second-order valence-corrected chi connectivity index (χ2v) is 4.11. The summed E-state index contributed by atoms with van der Waals surface area (Å²) in [4.78, 5) is 11.4. The second kappa shape index (κ2) is 5.90. The first kappa shape index (κ1) is 15.3. The molecule has 0 bridgehead atoms. The lowest BCUT2D eigenvalue weighted by molar-refractivity contribution is -0.138. The molecule has 3 nitrogen and oxygen atoms in total. The van der Waals surface area contributed by atoms with Gasteiger partial charge >= 0.3 is 6.18 Å². The number of benzene rings is 1. The van der Waals surface area contributed by atoms with E-state index in [4.69, 9.17) is 0 Å². The van der Waals surface area contributed by atoms with Crippen molar-refractivity contribution in [1.29, 1.82) is 0 Å².